The van der Waals surface area contributed by atoms with Gasteiger partial charge in [-0.25, -0.2) is 0 Å². The van der Waals surface area contributed by atoms with Gasteiger partial charge in [0.1, 0.15) is 5.69 Å². The lowest BCUT2D eigenvalue weighted by Crippen LogP contribution is -2.26. The van der Waals surface area contributed by atoms with Gasteiger partial charge < -0.3 is 9.88 Å². The zero-order chi connectivity index (χ0) is 15.8. The van der Waals surface area contributed by atoms with Crippen molar-refractivity contribution >= 4 is 28.6 Å². The highest BCUT2D eigenvalue weighted by Crippen LogP contribution is 2.34. The summed E-state index contributed by atoms with van der Waals surface area (Å²) in [7, 11) is 0. The summed E-state index contributed by atoms with van der Waals surface area (Å²) in [5.74, 6) is 1.01. The smallest absolute Gasteiger partial charge is 0.268 e. The van der Waals surface area contributed by atoms with Crippen LogP contribution < -0.4 is 5.32 Å². The van der Waals surface area contributed by atoms with E-state index in [0.29, 0.717) is 6.54 Å². The molecule has 0 saturated heterocycles. The minimum Gasteiger partial charge on any atom is -0.347 e. The molecule has 0 spiro atoms. The summed E-state index contributed by atoms with van der Waals surface area (Å²) >= 11 is 1.87. The maximum absolute atomic E-state index is 12.6. The molecule has 2 heterocycles. The number of aryl methyl sites for hydroxylation is 2. The summed E-state index contributed by atoms with van der Waals surface area (Å²) in [6.07, 6.45) is 0. The number of aromatic nitrogens is 1. The maximum Gasteiger partial charge on any atom is 0.268 e. The first kappa shape index (κ1) is 14.4. The number of para-hydroxylation sites is 1. The Kier molecular flexibility index (Phi) is 3.62. The number of amides is 1. The summed E-state index contributed by atoms with van der Waals surface area (Å²) in [4.78, 5) is 13.9. The van der Waals surface area contributed by atoms with Crippen molar-refractivity contribution in [2.75, 3.05) is 5.75 Å². The molecule has 0 aliphatic carbocycles. The quantitative estimate of drug-likeness (QED) is 0.791. The fourth-order valence-electron chi connectivity index (χ4n) is 3.05. The normalized spacial score (nSPS) is 13.3. The Morgan fingerprint density at radius 1 is 1.22 bits per heavy atom. The minimum atomic E-state index is -0.000347. The molecule has 0 fully saturated rings. The summed E-state index contributed by atoms with van der Waals surface area (Å²) in [5.41, 5.74) is 4.31. The standard InChI is InChI=1S/C19H18N2OS/c1-13-5-7-14(8-6-13)12-20-19(22)16-11-15-3-2-4-17-18(15)21(16)9-10-23-17/h2-8,11H,9-10,12H2,1H3,(H,20,22). The molecule has 1 amide bonds. The monoisotopic (exact) mass is 322 g/mol. The second-order valence-corrected chi connectivity index (χ2v) is 7.03. The number of thioether (sulfide) groups is 1. The van der Waals surface area contributed by atoms with E-state index in [4.69, 9.17) is 0 Å². The molecule has 3 nitrogen and oxygen atoms in total. The molecular weight excluding hydrogens is 304 g/mol. The zero-order valence-corrected chi connectivity index (χ0v) is 13.8. The van der Waals surface area contributed by atoms with Gasteiger partial charge in [0.05, 0.1) is 5.52 Å². The van der Waals surface area contributed by atoms with Gasteiger partial charge in [-0.2, -0.15) is 0 Å². The Labute approximate surface area is 139 Å². The maximum atomic E-state index is 12.6. The van der Waals surface area contributed by atoms with Crippen LogP contribution in [0.1, 0.15) is 21.6 Å². The fraction of sp³-hybridized carbons (Fsp3) is 0.211. The lowest BCUT2D eigenvalue weighted by Gasteiger charge is -2.17. The topological polar surface area (TPSA) is 34.0 Å². The Morgan fingerprint density at radius 3 is 2.87 bits per heavy atom. The van der Waals surface area contributed by atoms with Crippen LogP contribution in [0, 0.1) is 6.92 Å². The van der Waals surface area contributed by atoms with Crippen LogP contribution in [0.25, 0.3) is 10.9 Å². The molecular formula is C19H18N2OS. The van der Waals surface area contributed by atoms with E-state index in [2.05, 4.69) is 59.3 Å². The van der Waals surface area contributed by atoms with Crippen LogP contribution in [0.2, 0.25) is 0 Å². The molecule has 4 heteroatoms. The van der Waals surface area contributed by atoms with Crippen LogP contribution in [0.3, 0.4) is 0 Å². The van der Waals surface area contributed by atoms with Crippen molar-refractivity contribution in [3.63, 3.8) is 0 Å². The third-order valence-electron chi connectivity index (χ3n) is 4.26. The predicted molar refractivity (Wildman–Crippen MR) is 95.0 cm³/mol. The van der Waals surface area contributed by atoms with E-state index in [1.165, 1.54) is 16.0 Å². The summed E-state index contributed by atoms with van der Waals surface area (Å²) in [6, 6.07) is 16.5. The molecule has 0 radical (unpaired) electrons. The van der Waals surface area contributed by atoms with Gasteiger partial charge in [-0.05, 0) is 24.6 Å². The van der Waals surface area contributed by atoms with E-state index in [1.54, 1.807) is 0 Å². The minimum absolute atomic E-state index is 0.000347. The van der Waals surface area contributed by atoms with E-state index in [1.807, 2.05) is 17.8 Å². The van der Waals surface area contributed by atoms with Crippen molar-refractivity contribution in [2.45, 2.75) is 24.9 Å². The van der Waals surface area contributed by atoms with Crippen LogP contribution in [0.15, 0.2) is 53.4 Å². The molecule has 1 aliphatic heterocycles. The highest BCUT2D eigenvalue weighted by Gasteiger charge is 2.20. The lowest BCUT2D eigenvalue weighted by molar-refractivity contribution is 0.0942. The van der Waals surface area contributed by atoms with Crippen molar-refractivity contribution in [3.05, 3.63) is 65.4 Å². The van der Waals surface area contributed by atoms with Crippen molar-refractivity contribution in [2.24, 2.45) is 0 Å². The second kappa shape index (κ2) is 5.78. The number of carbonyl (C=O) groups is 1. The number of rotatable bonds is 3. The third-order valence-corrected chi connectivity index (χ3v) is 5.29. The molecule has 0 unspecified atom stereocenters. The van der Waals surface area contributed by atoms with Gasteiger partial charge in [0.25, 0.3) is 5.91 Å². The largest absolute Gasteiger partial charge is 0.347 e. The molecule has 0 saturated carbocycles. The van der Waals surface area contributed by atoms with Crippen LogP contribution in [-0.2, 0) is 13.1 Å². The molecule has 23 heavy (non-hydrogen) atoms. The summed E-state index contributed by atoms with van der Waals surface area (Å²) in [6.45, 7) is 3.51. The van der Waals surface area contributed by atoms with E-state index in [-0.39, 0.29) is 5.91 Å². The number of nitrogens with zero attached hydrogens (tertiary/aromatic N) is 1. The summed E-state index contributed by atoms with van der Waals surface area (Å²) < 4.78 is 2.16. The molecule has 3 aromatic rings. The average molecular weight is 322 g/mol. The Balaban J connectivity index is 1.60. The van der Waals surface area contributed by atoms with Crippen LogP contribution in [-0.4, -0.2) is 16.2 Å². The van der Waals surface area contributed by atoms with Gasteiger partial charge in [-0.15, -0.1) is 11.8 Å². The van der Waals surface area contributed by atoms with Crippen molar-refractivity contribution in [1.29, 1.82) is 0 Å². The van der Waals surface area contributed by atoms with Gasteiger partial charge >= 0.3 is 0 Å². The highest BCUT2D eigenvalue weighted by atomic mass is 32.2. The Hall–Kier alpha value is -2.20. The molecule has 1 N–H and O–H groups in total. The van der Waals surface area contributed by atoms with E-state index in [9.17, 15) is 4.79 Å². The average Bonchev–Trinajstić information content (AvgIpc) is 2.96. The number of nitrogens with one attached hydrogen (secondary N) is 1. The predicted octanol–water partition coefficient (Wildman–Crippen LogP) is 3.99. The fourth-order valence-corrected chi connectivity index (χ4v) is 4.09. The number of hydrogen-bond donors (Lipinski definition) is 1. The van der Waals surface area contributed by atoms with Crippen molar-refractivity contribution < 1.29 is 4.79 Å². The molecule has 2 aromatic carbocycles. The van der Waals surface area contributed by atoms with Crippen molar-refractivity contribution in [1.82, 2.24) is 9.88 Å². The SMILES string of the molecule is Cc1ccc(CNC(=O)c2cc3cccc4c3n2CCS4)cc1. The van der Waals surface area contributed by atoms with Crippen LogP contribution in [0.5, 0.6) is 0 Å². The molecule has 1 aliphatic rings. The molecule has 116 valence electrons. The lowest BCUT2D eigenvalue weighted by atomic mass is 10.1. The van der Waals surface area contributed by atoms with Gasteiger partial charge in [-0.3, -0.25) is 4.79 Å². The molecule has 4 rings (SSSR count). The first-order valence-corrected chi connectivity index (χ1v) is 8.80. The van der Waals surface area contributed by atoms with Crippen LogP contribution in [0.4, 0.5) is 0 Å². The molecule has 0 bridgehead atoms. The van der Waals surface area contributed by atoms with E-state index in [0.717, 1.165) is 28.9 Å². The number of hydrogen-bond acceptors (Lipinski definition) is 2. The second-order valence-electron chi connectivity index (χ2n) is 5.89. The summed E-state index contributed by atoms with van der Waals surface area (Å²) in [5, 5.41) is 4.20. The van der Waals surface area contributed by atoms with Crippen molar-refractivity contribution in [3.8, 4) is 0 Å². The number of benzene rings is 2. The number of carbonyl (C=O) groups excluding carboxylic acids is 1. The van der Waals surface area contributed by atoms with E-state index < -0.39 is 0 Å². The Bertz CT molecular complexity index is 880. The third kappa shape index (κ3) is 2.63. The van der Waals surface area contributed by atoms with E-state index >= 15 is 0 Å². The first-order chi connectivity index (χ1) is 11.2. The van der Waals surface area contributed by atoms with Gasteiger partial charge in [-0.1, -0.05) is 42.0 Å². The van der Waals surface area contributed by atoms with Gasteiger partial charge in [0.2, 0.25) is 0 Å². The van der Waals surface area contributed by atoms with Gasteiger partial charge in [0, 0.05) is 29.1 Å². The van der Waals surface area contributed by atoms with Gasteiger partial charge in [0.15, 0.2) is 0 Å². The first-order valence-electron chi connectivity index (χ1n) is 7.81. The highest BCUT2D eigenvalue weighted by molar-refractivity contribution is 7.99. The molecule has 1 aromatic heterocycles. The van der Waals surface area contributed by atoms with Crippen LogP contribution >= 0.6 is 11.8 Å². The zero-order valence-electron chi connectivity index (χ0n) is 13.0. The Morgan fingerprint density at radius 2 is 2.04 bits per heavy atom. The molecule has 0 atom stereocenters.